The zero-order valence-corrected chi connectivity index (χ0v) is 13.4. The summed E-state index contributed by atoms with van der Waals surface area (Å²) in [6.45, 7) is 2.86. The van der Waals surface area contributed by atoms with Gasteiger partial charge in [-0.3, -0.25) is 9.59 Å². The second-order valence-electron chi connectivity index (χ2n) is 6.01. The molecule has 0 radical (unpaired) electrons. The smallest absolute Gasteiger partial charge is 0.228 e. The number of rotatable bonds is 4. The zero-order chi connectivity index (χ0) is 16.4. The van der Waals surface area contributed by atoms with Crippen LogP contribution in [0, 0.1) is 12.8 Å². The predicted molar refractivity (Wildman–Crippen MR) is 86.8 cm³/mol. The first kappa shape index (κ1) is 15.3. The largest absolute Gasteiger partial charge is 0.467 e. The van der Waals surface area contributed by atoms with E-state index in [1.807, 2.05) is 37.3 Å². The molecule has 1 aromatic carbocycles. The summed E-state index contributed by atoms with van der Waals surface area (Å²) in [5, 5.41) is 0. The first-order chi connectivity index (χ1) is 11.0. The molecule has 120 valence electrons. The standard InChI is InChI=1S/C18H20N2O3/c1-13-5-7-15(8-6-13)20-11-14(10-17(20)21)18(22)19(2)12-16-4-3-9-23-16/h3-9,14H,10-12H2,1-2H3. The second kappa shape index (κ2) is 6.28. The van der Waals surface area contributed by atoms with Crippen LogP contribution in [0.25, 0.3) is 0 Å². The molecule has 1 aliphatic heterocycles. The summed E-state index contributed by atoms with van der Waals surface area (Å²) < 4.78 is 5.27. The maximum atomic E-state index is 12.6. The lowest BCUT2D eigenvalue weighted by Crippen LogP contribution is -2.34. The zero-order valence-electron chi connectivity index (χ0n) is 13.4. The van der Waals surface area contributed by atoms with Gasteiger partial charge in [0.05, 0.1) is 18.7 Å². The highest BCUT2D eigenvalue weighted by atomic mass is 16.3. The van der Waals surface area contributed by atoms with Gasteiger partial charge in [-0.1, -0.05) is 17.7 Å². The molecule has 0 N–H and O–H groups in total. The van der Waals surface area contributed by atoms with Gasteiger partial charge in [0.1, 0.15) is 5.76 Å². The maximum absolute atomic E-state index is 12.6. The molecule has 5 heteroatoms. The SMILES string of the molecule is Cc1ccc(N2CC(C(=O)N(C)Cc3ccco3)CC2=O)cc1. The first-order valence-corrected chi connectivity index (χ1v) is 7.69. The third-order valence-corrected chi connectivity index (χ3v) is 4.17. The number of furan rings is 1. The van der Waals surface area contributed by atoms with Gasteiger partial charge in [-0.2, -0.15) is 0 Å². The van der Waals surface area contributed by atoms with E-state index in [0.29, 0.717) is 13.1 Å². The lowest BCUT2D eigenvalue weighted by molar-refractivity contribution is -0.135. The Kier molecular flexibility index (Phi) is 4.19. The van der Waals surface area contributed by atoms with Crippen LogP contribution in [0.4, 0.5) is 5.69 Å². The number of aryl methyl sites for hydroxylation is 1. The van der Waals surface area contributed by atoms with Crippen LogP contribution in [-0.2, 0) is 16.1 Å². The number of anilines is 1. The molecule has 0 spiro atoms. The monoisotopic (exact) mass is 312 g/mol. The van der Waals surface area contributed by atoms with Crippen LogP contribution in [0.15, 0.2) is 47.1 Å². The van der Waals surface area contributed by atoms with Crippen molar-refractivity contribution in [1.82, 2.24) is 4.90 Å². The number of hydrogen-bond acceptors (Lipinski definition) is 3. The summed E-state index contributed by atoms with van der Waals surface area (Å²) in [7, 11) is 1.74. The third-order valence-electron chi connectivity index (χ3n) is 4.17. The minimum atomic E-state index is -0.302. The van der Waals surface area contributed by atoms with Crippen LogP contribution in [0.1, 0.15) is 17.7 Å². The quantitative estimate of drug-likeness (QED) is 0.872. The summed E-state index contributed by atoms with van der Waals surface area (Å²) in [4.78, 5) is 28.1. The molecule has 5 nitrogen and oxygen atoms in total. The molecule has 2 aromatic rings. The summed E-state index contributed by atoms with van der Waals surface area (Å²) in [6, 6.07) is 11.4. The number of hydrogen-bond donors (Lipinski definition) is 0. The van der Waals surface area contributed by atoms with Gasteiger partial charge in [-0.25, -0.2) is 0 Å². The van der Waals surface area contributed by atoms with Gasteiger partial charge in [0.15, 0.2) is 0 Å². The second-order valence-corrected chi connectivity index (χ2v) is 6.01. The number of benzene rings is 1. The lowest BCUT2D eigenvalue weighted by Gasteiger charge is -2.20. The summed E-state index contributed by atoms with van der Waals surface area (Å²) >= 11 is 0. The molecule has 1 saturated heterocycles. The van der Waals surface area contributed by atoms with Crippen molar-refractivity contribution < 1.29 is 14.0 Å². The molecular weight excluding hydrogens is 292 g/mol. The van der Waals surface area contributed by atoms with Crippen molar-refractivity contribution >= 4 is 17.5 Å². The van der Waals surface area contributed by atoms with Crippen LogP contribution in [-0.4, -0.2) is 30.3 Å². The van der Waals surface area contributed by atoms with Crippen LogP contribution >= 0.6 is 0 Å². The van der Waals surface area contributed by atoms with Crippen LogP contribution in [0.3, 0.4) is 0 Å². The number of carbonyl (C=O) groups excluding carboxylic acids is 2. The summed E-state index contributed by atoms with van der Waals surface area (Å²) in [5.74, 6) is 0.410. The van der Waals surface area contributed by atoms with Gasteiger partial charge in [-0.05, 0) is 31.2 Å². The van der Waals surface area contributed by atoms with Crippen molar-refractivity contribution in [3.63, 3.8) is 0 Å². The molecule has 1 aromatic heterocycles. The average molecular weight is 312 g/mol. The summed E-state index contributed by atoms with van der Waals surface area (Å²) in [6.07, 6.45) is 1.85. The van der Waals surface area contributed by atoms with E-state index in [0.717, 1.165) is 17.0 Å². The molecule has 3 rings (SSSR count). The Bertz CT molecular complexity index is 692. The fourth-order valence-electron chi connectivity index (χ4n) is 2.87. The van der Waals surface area contributed by atoms with Gasteiger partial charge >= 0.3 is 0 Å². The van der Waals surface area contributed by atoms with Crippen molar-refractivity contribution in [2.45, 2.75) is 19.9 Å². The Hall–Kier alpha value is -2.56. The van der Waals surface area contributed by atoms with E-state index < -0.39 is 0 Å². The predicted octanol–water partition coefficient (Wildman–Crippen LogP) is 2.60. The number of carbonyl (C=O) groups is 2. The molecule has 1 atom stereocenters. The Morgan fingerprint density at radius 3 is 2.70 bits per heavy atom. The van der Waals surface area contributed by atoms with Crippen LogP contribution in [0.2, 0.25) is 0 Å². The van der Waals surface area contributed by atoms with Gasteiger partial charge in [0.25, 0.3) is 0 Å². The molecule has 23 heavy (non-hydrogen) atoms. The third kappa shape index (κ3) is 3.28. The number of nitrogens with zero attached hydrogens (tertiary/aromatic N) is 2. The Morgan fingerprint density at radius 1 is 1.30 bits per heavy atom. The highest BCUT2D eigenvalue weighted by molar-refractivity contribution is 6.00. The van der Waals surface area contributed by atoms with Crippen molar-refractivity contribution in [3.8, 4) is 0 Å². The minimum absolute atomic E-state index is 0.00129. The normalized spacial score (nSPS) is 17.6. The number of amides is 2. The van der Waals surface area contributed by atoms with Crippen molar-refractivity contribution in [2.75, 3.05) is 18.5 Å². The van der Waals surface area contributed by atoms with Gasteiger partial charge in [-0.15, -0.1) is 0 Å². The molecular formula is C18H20N2O3. The molecule has 0 bridgehead atoms. The van der Waals surface area contributed by atoms with Crippen LogP contribution < -0.4 is 4.90 Å². The van der Waals surface area contributed by atoms with Crippen molar-refractivity contribution in [3.05, 3.63) is 54.0 Å². The topological polar surface area (TPSA) is 53.8 Å². The van der Waals surface area contributed by atoms with E-state index in [1.54, 1.807) is 29.2 Å². The highest BCUT2D eigenvalue weighted by Crippen LogP contribution is 2.26. The molecule has 1 aliphatic rings. The molecule has 1 fully saturated rings. The van der Waals surface area contributed by atoms with Crippen LogP contribution in [0.5, 0.6) is 0 Å². The van der Waals surface area contributed by atoms with E-state index in [2.05, 4.69) is 0 Å². The minimum Gasteiger partial charge on any atom is -0.467 e. The fraction of sp³-hybridized carbons (Fsp3) is 0.333. The van der Waals surface area contributed by atoms with E-state index >= 15 is 0 Å². The molecule has 0 saturated carbocycles. The Morgan fingerprint density at radius 2 is 2.04 bits per heavy atom. The Labute approximate surface area is 135 Å². The van der Waals surface area contributed by atoms with Gasteiger partial charge in [0, 0.05) is 25.7 Å². The van der Waals surface area contributed by atoms with E-state index in [9.17, 15) is 9.59 Å². The fourth-order valence-corrected chi connectivity index (χ4v) is 2.87. The molecule has 0 aliphatic carbocycles. The van der Waals surface area contributed by atoms with Gasteiger partial charge in [0.2, 0.25) is 11.8 Å². The highest BCUT2D eigenvalue weighted by Gasteiger charge is 2.36. The lowest BCUT2D eigenvalue weighted by atomic mass is 10.1. The molecule has 2 amide bonds. The molecule has 2 heterocycles. The first-order valence-electron chi connectivity index (χ1n) is 7.69. The van der Waals surface area contributed by atoms with Crippen molar-refractivity contribution in [2.24, 2.45) is 5.92 Å². The van der Waals surface area contributed by atoms with E-state index in [1.165, 1.54) is 0 Å². The van der Waals surface area contributed by atoms with E-state index in [-0.39, 0.29) is 24.2 Å². The Balaban J connectivity index is 1.66. The average Bonchev–Trinajstić information content (AvgIpc) is 3.17. The molecule has 1 unspecified atom stereocenters. The maximum Gasteiger partial charge on any atom is 0.228 e. The van der Waals surface area contributed by atoms with Crippen molar-refractivity contribution in [1.29, 1.82) is 0 Å². The van der Waals surface area contributed by atoms with E-state index in [4.69, 9.17) is 4.42 Å². The summed E-state index contributed by atoms with van der Waals surface area (Å²) in [5.41, 5.74) is 2.00. The van der Waals surface area contributed by atoms with Gasteiger partial charge < -0.3 is 14.2 Å².